The van der Waals surface area contributed by atoms with Crippen molar-refractivity contribution in [1.82, 2.24) is 0 Å². The summed E-state index contributed by atoms with van der Waals surface area (Å²) in [6, 6.07) is 15.4. The zero-order valence-electron chi connectivity index (χ0n) is 21.8. The summed E-state index contributed by atoms with van der Waals surface area (Å²) in [6.45, 7) is 9.09. The second-order valence-corrected chi connectivity index (χ2v) is 10.0. The fraction of sp³-hybridized carbons (Fsp3) is 0.500. The van der Waals surface area contributed by atoms with E-state index in [9.17, 15) is 9.59 Å². The summed E-state index contributed by atoms with van der Waals surface area (Å²) >= 11 is 0. The maximum atomic E-state index is 12.8. The highest BCUT2D eigenvalue weighted by molar-refractivity contribution is 5.98. The van der Waals surface area contributed by atoms with E-state index in [0.717, 1.165) is 24.2 Å². The molecule has 2 aromatic rings. The number of carbonyl (C=O) groups excluding carboxylic acids is 2. The van der Waals surface area contributed by atoms with Crippen LogP contribution in [0.2, 0.25) is 0 Å². The quantitative estimate of drug-likeness (QED) is 0.225. The first-order chi connectivity index (χ1) is 16.1. The molecular weight excluding hydrogens is 428 g/mol. The Morgan fingerprint density at radius 2 is 0.941 bits per heavy atom. The van der Waals surface area contributed by atoms with Gasteiger partial charge in [0.1, 0.15) is 26.2 Å². The van der Waals surface area contributed by atoms with E-state index in [4.69, 9.17) is 9.47 Å². The predicted molar refractivity (Wildman–Crippen MR) is 137 cm³/mol. The van der Waals surface area contributed by atoms with Crippen molar-refractivity contribution in [2.24, 2.45) is 0 Å². The highest BCUT2D eigenvalue weighted by atomic mass is 16.5. The average Bonchev–Trinajstić information content (AvgIpc) is 2.79. The molecule has 0 unspecified atom stereocenters. The molecule has 0 amide bonds. The minimum absolute atomic E-state index is 0.124. The SMILES string of the molecule is CCOCC[N+](C)(C)CC(=O)c1ccc(-c2ccc(C(=O)C[N+](C)(C)CCOCC)cc2)cc1. The minimum atomic E-state index is 0.124. The summed E-state index contributed by atoms with van der Waals surface area (Å²) in [5, 5.41) is 0. The number of quaternary nitrogens is 2. The lowest BCUT2D eigenvalue weighted by Gasteiger charge is -2.28. The van der Waals surface area contributed by atoms with E-state index < -0.39 is 0 Å². The molecule has 0 saturated carbocycles. The zero-order chi connectivity index (χ0) is 25.2. The summed E-state index contributed by atoms with van der Waals surface area (Å²) in [5.74, 6) is 0.248. The standard InChI is InChI=1S/C28H42N2O4/c1-7-33-19-17-29(3,4)21-27(31)25-13-9-23(10-14-25)24-11-15-26(16-12-24)28(32)22-30(5,6)18-20-34-8-2/h9-16H,7-8,17-22H2,1-6H3/q+2. The second kappa shape index (κ2) is 12.9. The minimum Gasteiger partial charge on any atom is -0.376 e. The van der Waals surface area contributed by atoms with E-state index in [2.05, 4.69) is 0 Å². The van der Waals surface area contributed by atoms with E-state index in [0.29, 0.717) is 59.6 Å². The lowest BCUT2D eigenvalue weighted by molar-refractivity contribution is -0.882. The first-order valence-corrected chi connectivity index (χ1v) is 12.1. The third-order valence-electron chi connectivity index (χ3n) is 5.98. The van der Waals surface area contributed by atoms with Crippen LogP contribution in [-0.4, -0.2) is 101 Å². The highest BCUT2D eigenvalue weighted by Gasteiger charge is 2.22. The van der Waals surface area contributed by atoms with Crippen molar-refractivity contribution in [3.8, 4) is 11.1 Å². The summed E-state index contributed by atoms with van der Waals surface area (Å²) in [5.41, 5.74) is 3.47. The van der Waals surface area contributed by atoms with Crippen molar-refractivity contribution < 1.29 is 28.0 Å². The average molecular weight is 471 g/mol. The Kier molecular flexibility index (Phi) is 10.6. The van der Waals surface area contributed by atoms with Gasteiger partial charge < -0.3 is 18.4 Å². The van der Waals surface area contributed by atoms with Crippen molar-refractivity contribution >= 4 is 11.6 Å². The van der Waals surface area contributed by atoms with Gasteiger partial charge in [-0.25, -0.2) is 0 Å². The van der Waals surface area contributed by atoms with Gasteiger partial charge in [-0.15, -0.1) is 0 Å². The lowest BCUT2D eigenvalue weighted by atomic mass is 10.00. The van der Waals surface area contributed by atoms with Crippen LogP contribution in [0.4, 0.5) is 0 Å². The Balaban J connectivity index is 1.98. The summed E-state index contributed by atoms with van der Waals surface area (Å²) in [4.78, 5) is 25.5. The number of hydrogen-bond acceptors (Lipinski definition) is 4. The number of Topliss-reactive ketones (excluding diaryl/α,β-unsaturated/α-hetero) is 2. The third-order valence-corrected chi connectivity index (χ3v) is 5.98. The van der Waals surface area contributed by atoms with Gasteiger partial charge in [-0.05, 0) is 25.0 Å². The van der Waals surface area contributed by atoms with Crippen LogP contribution in [0.3, 0.4) is 0 Å². The molecule has 6 nitrogen and oxygen atoms in total. The van der Waals surface area contributed by atoms with Crippen molar-refractivity contribution in [3.63, 3.8) is 0 Å². The predicted octanol–water partition coefficient (Wildman–Crippen LogP) is 3.94. The number of ether oxygens (including phenoxy) is 2. The molecule has 0 bridgehead atoms. The molecule has 0 saturated heterocycles. The van der Waals surface area contributed by atoms with Gasteiger partial charge in [0.05, 0.1) is 41.4 Å². The van der Waals surface area contributed by atoms with Gasteiger partial charge in [0.15, 0.2) is 0 Å². The second-order valence-electron chi connectivity index (χ2n) is 10.0. The van der Waals surface area contributed by atoms with Gasteiger partial charge in [0, 0.05) is 24.3 Å². The molecule has 34 heavy (non-hydrogen) atoms. The zero-order valence-corrected chi connectivity index (χ0v) is 21.8. The molecule has 2 rings (SSSR count). The third kappa shape index (κ3) is 9.11. The Morgan fingerprint density at radius 1 is 0.618 bits per heavy atom. The molecule has 0 heterocycles. The fourth-order valence-corrected chi connectivity index (χ4v) is 3.73. The van der Waals surface area contributed by atoms with Crippen LogP contribution >= 0.6 is 0 Å². The molecule has 0 atom stereocenters. The van der Waals surface area contributed by atoms with Crippen LogP contribution in [0.25, 0.3) is 11.1 Å². The Bertz CT molecular complexity index is 841. The van der Waals surface area contributed by atoms with E-state index in [1.54, 1.807) is 0 Å². The Labute approximate surface area is 205 Å². The van der Waals surface area contributed by atoms with Crippen LogP contribution in [0.1, 0.15) is 34.6 Å². The van der Waals surface area contributed by atoms with Crippen molar-refractivity contribution in [2.45, 2.75) is 13.8 Å². The van der Waals surface area contributed by atoms with Crippen LogP contribution in [0.5, 0.6) is 0 Å². The van der Waals surface area contributed by atoms with Gasteiger partial charge in [-0.3, -0.25) is 9.59 Å². The van der Waals surface area contributed by atoms with Crippen LogP contribution < -0.4 is 0 Å². The number of carbonyl (C=O) groups is 2. The van der Waals surface area contributed by atoms with Gasteiger partial charge >= 0.3 is 0 Å². The molecule has 6 heteroatoms. The van der Waals surface area contributed by atoms with E-state index in [-0.39, 0.29) is 11.6 Å². The molecule has 0 aliphatic rings. The molecule has 186 valence electrons. The smallest absolute Gasteiger partial charge is 0.216 e. The summed E-state index contributed by atoms with van der Waals surface area (Å²) in [6.07, 6.45) is 0. The maximum absolute atomic E-state index is 12.8. The van der Waals surface area contributed by atoms with Crippen LogP contribution in [-0.2, 0) is 9.47 Å². The van der Waals surface area contributed by atoms with Crippen molar-refractivity contribution in [1.29, 1.82) is 0 Å². The van der Waals surface area contributed by atoms with Crippen LogP contribution in [0, 0.1) is 0 Å². The molecule has 0 N–H and O–H groups in total. The van der Waals surface area contributed by atoms with E-state index in [1.165, 1.54) is 0 Å². The topological polar surface area (TPSA) is 52.6 Å². The molecular formula is C28H42N2O4+2. The Morgan fingerprint density at radius 3 is 1.24 bits per heavy atom. The maximum Gasteiger partial charge on any atom is 0.216 e. The van der Waals surface area contributed by atoms with Gasteiger partial charge in [0.25, 0.3) is 0 Å². The molecule has 0 fully saturated rings. The van der Waals surface area contributed by atoms with Crippen molar-refractivity contribution in [2.75, 3.05) is 80.8 Å². The number of likely N-dealkylation sites (N-methyl/N-ethyl adjacent to an activating group) is 2. The number of hydrogen-bond donors (Lipinski definition) is 0. The summed E-state index contributed by atoms with van der Waals surface area (Å²) in [7, 11) is 8.19. The first-order valence-electron chi connectivity index (χ1n) is 12.1. The number of nitrogens with zero attached hydrogens (tertiary/aromatic N) is 2. The number of rotatable bonds is 15. The van der Waals surface area contributed by atoms with Crippen molar-refractivity contribution in [3.05, 3.63) is 59.7 Å². The molecule has 0 radical (unpaired) electrons. The number of ketones is 2. The lowest BCUT2D eigenvalue weighted by Crippen LogP contribution is -2.46. The largest absolute Gasteiger partial charge is 0.376 e. The molecule has 0 aliphatic heterocycles. The van der Waals surface area contributed by atoms with Gasteiger partial charge in [-0.2, -0.15) is 0 Å². The Hall–Kier alpha value is -2.38. The fourth-order valence-electron chi connectivity index (χ4n) is 3.73. The highest BCUT2D eigenvalue weighted by Crippen LogP contribution is 2.21. The first kappa shape index (κ1) is 27.9. The molecule has 0 aliphatic carbocycles. The van der Waals surface area contributed by atoms with E-state index >= 15 is 0 Å². The molecule has 0 spiro atoms. The summed E-state index contributed by atoms with van der Waals surface area (Å²) < 4.78 is 12.1. The van der Waals surface area contributed by atoms with E-state index in [1.807, 2.05) is 90.6 Å². The monoisotopic (exact) mass is 470 g/mol. The van der Waals surface area contributed by atoms with Gasteiger partial charge in [-0.1, -0.05) is 48.5 Å². The molecule has 2 aromatic carbocycles. The van der Waals surface area contributed by atoms with Crippen LogP contribution in [0.15, 0.2) is 48.5 Å². The molecule has 0 aromatic heterocycles. The normalized spacial score (nSPS) is 12.1. The van der Waals surface area contributed by atoms with Gasteiger partial charge in [0.2, 0.25) is 11.6 Å². The number of benzene rings is 2.